The van der Waals surface area contributed by atoms with Crippen molar-refractivity contribution in [3.8, 4) is 11.8 Å². The highest BCUT2D eigenvalue weighted by Crippen LogP contribution is 2.37. The number of aromatic nitrogens is 1. The van der Waals surface area contributed by atoms with Gasteiger partial charge in [-0.15, -0.1) is 0 Å². The number of fused-ring (bicyclic) bond motifs is 1. The molecule has 6 heteroatoms. The van der Waals surface area contributed by atoms with Crippen LogP contribution in [0.3, 0.4) is 0 Å². The molecule has 1 aliphatic rings. The number of nitrogens with one attached hydrogen (secondary N) is 2. The molecule has 0 spiro atoms. The number of carbonyl (C=O) groups excluding carboxylic acids is 2. The van der Waals surface area contributed by atoms with Gasteiger partial charge in [-0.3, -0.25) is 9.59 Å². The van der Waals surface area contributed by atoms with Crippen molar-refractivity contribution in [1.82, 2.24) is 10.3 Å². The number of primary amides is 1. The van der Waals surface area contributed by atoms with E-state index in [0.29, 0.717) is 29.3 Å². The first-order valence-electron chi connectivity index (χ1n) is 9.43. The number of nitrogens with two attached hydrogens (primary N) is 1. The maximum atomic E-state index is 15.1. The Bertz CT molecular complexity index is 1050. The zero-order valence-electron chi connectivity index (χ0n) is 16.3. The van der Waals surface area contributed by atoms with E-state index in [9.17, 15) is 9.59 Å². The van der Waals surface area contributed by atoms with Gasteiger partial charge < -0.3 is 16.0 Å². The summed E-state index contributed by atoms with van der Waals surface area (Å²) in [4.78, 5) is 26.9. The molecule has 1 aromatic carbocycles. The molecule has 5 nitrogen and oxygen atoms in total. The van der Waals surface area contributed by atoms with Crippen LogP contribution >= 0.6 is 0 Å². The van der Waals surface area contributed by atoms with Gasteiger partial charge in [-0.25, -0.2) is 4.39 Å². The molecule has 28 heavy (non-hydrogen) atoms. The molecular formula is C22H24FN3O2. The van der Waals surface area contributed by atoms with Crippen LogP contribution in [0.5, 0.6) is 0 Å². The van der Waals surface area contributed by atoms with Crippen molar-refractivity contribution in [3.63, 3.8) is 0 Å². The van der Waals surface area contributed by atoms with Crippen LogP contribution in [-0.2, 0) is 4.79 Å². The highest BCUT2D eigenvalue weighted by molar-refractivity contribution is 6.09. The van der Waals surface area contributed by atoms with E-state index in [-0.39, 0.29) is 17.5 Å². The molecule has 2 amide bonds. The zero-order valence-corrected chi connectivity index (χ0v) is 16.3. The monoisotopic (exact) mass is 381 g/mol. The van der Waals surface area contributed by atoms with E-state index in [1.807, 2.05) is 26.8 Å². The molecule has 146 valence electrons. The molecule has 1 aliphatic carbocycles. The number of hydrogen-bond acceptors (Lipinski definition) is 2. The number of aryl methyl sites for hydroxylation is 2. The molecule has 1 aromatic heterocycles. The number of H-pyrrole nitrogens is 1. The molecule has 1 heterocycles. The van der Waals surface area contributed by atoms with Gasteiger partial charge in [0.25, 0.3) is 11.8 Å². The highest BCUT2D eigenvalue weighted by atomic mass is 19.1. The maximum absolute atomic E-state index is 15.1. The lowest BCUT2D eigenvalue weighted by molar-refractivity contribution is -0.116. The van der Waals surface area contributed by atoms with E-state index in [2.05, 4.69) is 22.1 Å². The van der Waals surface area contributed by atoms with Crippen LogP contribution in [0.25, 0.3) is 16.5 Å². The van der Waals surface area contributed by atoms with Crippen LogP contribution in [0.4, 0.5) is 4.39 Å². The lowest BCUT2D eigenvalue weighted by Gasteiger charge is -2.24. The van der Waals surface area contributed by atoms with Gasteiger partial charge in [0.2, 0.25) is 0 Å². The van der Waals surface area contributed by atoms with E-state index in [1.165, 1.54) is 6.07 Å². The SMILES string of the molecule is CCC#CC(=O)N[C@H]1CCC=C(c2c(F)cc(C(N)=O)c3[nH]c(C)c(C)c23)C1. The molecule has 0 bridgehead atoms. The Labute approximate surface area is 163 Å². The normalized spacial score (nSPS) is 16.3. The minimum atomic E-state index is -0.672. The molecule has 0 radical (unpaired) electrons. The smallest absolute Gasteiger partial charge is 0.296 e. The molecule has 0 aliphatic heterocycles. The Morgan fingerprint density at radius 1 is 1.39 bits per heavy atom. The summed E-state index contributed by atoms with van der Waals surface area (Å²) in [6.07, 6.45) is 4.63. The minimum absolute atomic E-state index is 0.107. The maximum Gasteiger partial charge on any atom is 0.296 e. The predicted octanol–water partition coefficient (Wildman–Crippen LogP) is 3.49. The van der Waals surface area contributed by atoms with Crippen LogP contribution in [0.2, 0.25) is 0 Å². The quantitative estimate of drug-likeness (QED) is 0.711. The minimum Gasteiger partial charge on any atom is -0.366 e. The summed E-state index contributed by atoms with van der Waals surface area (Å²) < 4.78 is 15.1. The van der Waals surface area contributed by atoms with E-state index >= 15 is 4.39 Å². The van der Waals surface area contributed by atoms with Crippen molar-refractivity contribution >= 4 is 28.3 Å². The molecule has 2 aromatic rings. The van der Waals surface area contributed by atoms with Gasteiger partial charge in [0, 0.05) is 29.1 Å². The molecule has 0 unspecified atom stereocenters. The Morgan fingerprint density at radius 2 is 2.14 bits per heavy atom. The zero-order chi connectivity index (χ0) is 20.4. The number of halogens is 1. The molecule has 1 atom stereocenters. The number of amides is 2. The van der Waals surface area contributed by atoms with Crippen molar-refractivity contribution in [2.24, 2.45) is 5.73 Å². The van der Waals surface area contributed by atoms with Gasteiger partial charge in [-0.2, -0.15) is 0 Å². The third kappa shape index (κ3) is 3.65. The number of rotatable bonds is 3. The third-order valence-corrected chi connectivity index (χ3v) is 5.20. The van der Waals surface area contributed by atoms with Gasteiger partial charge in [0.1, 0.15) is 5.82 Å². The largest absolute Gasteiger partial charge is 0.366 e. The summed E-state index contributed by atoms with van der Waals surface area (Å²) in [7, 11) is 0. The van der Waals surface area contributed by atoms with Gasteiger partial charge >= 0.3 is 0 Å². The van der Waals surface area contributed by atoms with Crippen LogP contribution in [0, 0.1) is 31.5 Å². The first kappa shape index (κ1) is 19.7. The summed E-state index contributed by atoms with van der Waals surface area (Å²) >= 11 is 0. The van der Waals surface area contributed by atoms with Gasteiger partial charge in [-0.05, 0) is 56.2 Å². The van der Waals surface area contributed by atoms with Crippen molar-refractivity contribution in [3.05, 3.63) is 40.3 Å². The Morgan fingerprint density at radius 3 is 2.82 bits per heavy atom. The van der Waals surface area contributed by atoms with Gasteiger partial charge in [-0.1, -0.05) is 18.9 Å². The molecule has 3 rings (SSSR count). The third-order valence-electron chi connectivity index (χ3n) is 5.20. The van der Waals surface area contributed by atoms with Gasteiger partial charge in [0.15, 0.2) is 0 Å². The molecular weight excluding hydrogens is 357 g/mol. The van der Waals surface area contributed by atoms with E-state index in [4.69, 9.17) is 5.73 Å². The average Bonchev–Trinajstić information content (AvgIpc) is 2.94. The lowest BCUT2D eigenvalue weighted by atomic mass is 9.86. The van der Waals surface area contributed by atoms with Crippen LogP contribution < -0.4 is 11.1 Å². The fourth-order valence-electron chi connectivity index (χ4n) is 3.76. The summed E-state index contributed by atoms with van der Waals surface area (Å²) in [5.74, 6) is 3.85. The van der Waals surface area contributed by atoms with Crippen LogP contribution in [0.15, 0.2) is 12.1 Å². The standard InChI is InChI=1S/C22H24FN3O2/c1-4-5-9-18(27)26-15-8-6-7-14(10-15)20-17(23)11-16(22(24)28)21-19(20)12(2)13(3)25-21/h7,11,15,25H,4,6,8,10H2,1-3H3,(H2,24,28)(H,26,27)/t15-/m0/s1. The Kier molecular flexibility index (Phi) is 5.55. The molecule has 0 fully saturated rings. The van der Waals surface area contributed by atoms with E-state index in [1.54, 1.807) is 0 Å². The summed E-state index contributed by atoms with van der Waals surface area (Å²) in [6, 6.07) is 1.09. The summed E-state index contributed by atoms with van der Waals surface area (Å²) in [5.41, 5.74) is 9.19. The van der Waals surface area contributed by atoms with Crippen molar-refractivity contribution < 1.29 is 14.0 Å². The van der Waals surface area contributed by atoms with Crippen LogP contribution in [0.1, 0.15) is 59.8 Å². The van der Waals surface area contributed by atoms with Crippen molar-refractivity contribution in [2.75, 3.05) is 0 Å². The Hall–Kier alpha value is -3.07. The fourth-order valence-corrected chi connectivity index (χ4v) is 3.76. The predicted molar refractivity (Wildman–Crippen MR) is 108 cm³/mol. The second-order valence-electron chi connectivity index (χ2n) is 7.11. The van der Waals surface area contributed by atoms with Crippen LogP contribution in [-0.4, -0.2) is 22.8 Å². The first-order valence-corrected chi connectivity index (χ1v) is 9.43. The summed E-state index contributed by atoms with van der Waals surface area (Å²) in [5, 5.41) is 3.59. The molecule has 0 saturated heterocycles. The highest BCUT2D eigenvalue weighted by Gasteiger charge is 2.25. The van der Waals surface area contributed by atoms with E-state index < -0.39 is 11.7 Å². The average molecular weight is 381 g/mol. The molecule has 0 saturated carbocycles. The Balaban J connectivity index is 2.03. The number of hydrogen-bond donors (Lipinski definition) is 3. The number of allylic oxidation sites excluding steroid dienone is 1. The molecule has 4 N–H and O–H groups in total. The lowest BCUT2D eigenvalue weighted by Crippen LogP contribution is -2.35. The van der Waals surface area contributed by atoms with Crippen molar-refractivity contribution in [2.45, 2.75) is 52.5 Å². The number of carbonyl (C=O) groups is 2. The summed E-state index contributed by atoms with van der Waals surface area (Å²) in [6.45, 7) is 5.66. The second-order valence-corrected chi connectivity index (χ2v) is 7.11. The number of benzene rings is 1. The second kappa shape index (κ2) is 7.89. The van der Waals surface area contributed by atoms with E-state index in [0.717, 1.165) is 29.7 Å². The topological polar surface area (TPSA) is 88.0 Å². The van der Waals surface area contributed by atoms with Crippen molar-refractivity contribution in [1.29, 1.82) is 0 Å². The first-order chi connectivity index (χ1) is 13.3. The number of aromatic amines is 1. The fraction of sp³-hybridized carbons (Fsp3) is 0.364. The van der Waals surface area contributed by atoms with Gasteiger partial charge in [0.05, 0.1) is 11.1 Å².